The minimum atomic E-state index is 0.0639. The summed E-state index contributed by atoms with van der Waals surface area (Å²) >= 11 is 5.97. The van der Waals surface area contributed by atoms with Crippen molar-refractivity contribution in [2.45, 2.75) is 44.2 Å². The average molecular weight is 326 g/mol. The third-order valence-electron chi connectivity index (χ3n) is 3.97. The third kappa shape index (κ3) is 5.07. The normalized spacial score (nSPS) is 21.2. The van der Waals surface area contributed by atoms with Crippen LogP contribution in [0.2, 0.25) is 5.02 Å². The van der Waals surface area contributed by atoms with E-state index in [0.717, 1.165) is 31.4 Å². The van der Waals surface area contributed by atoms with Crippen molar-refractivity contribution in [3.8, 4) is 5.75 Å². The molecule has 1 fully saturated rings. The number of nitrogens with one attached hydrogen (secondary N) is 2. The summed E-state index contributed by atoms with van der Waals surface area (Å²) in [4.78, 5) is 12.0. The van der Waals surface area contributed by atoms with Crippen LogP contribution < -0.4 is 21.1 Å². The summed E-state index contributed by atoms with van der Waals surface area (Å²) in [5, 5.41) is 6.89. The Balaban J connectivity index is 1.74. The Kier molecular flexibility index (Phi) is 6.34. The molecule has 0 spiro atoms. The van der Waals surface area contributed by atoms with Crippen molar-refractivity contribution in [2.24, 2.45) is 5.73 Å². The number of rotatable bonds is 6. The molecule has 1 amide bonds. The van der Waals surface area contributed by atoms with Crippen molar-refractivity contribution in [3.63, 3.8) is 0 Å². The Morgan fingerprint density at radius 2 is 2.09 bits per heavy atom. The second-order valence-electron chi connectivity index (χ2n) is 5.70. The van der Waals surface area contributed by atoms with Crippen LogP contribution in [0.25, 0.3) is 0 Å². The van der Waals surface area contributed by atoms with Crippen molar-refractivity contribution < 1.29 is 9.53 Å². The molecule has 1 aliphatic carbocycles. The van der Waals surface area contributed by atoms with Crippen LogP contribution in [0, 0.1) is 0 Å². The van der Waals surface area contributed by atoms with Crippen LogP contribution in [-0.4, -0.2) is 31.6 Å². The summed E-state index contributed by atoms with van der Waals surface area (Å²) in [5.41, 5.74) is 6.66. The number of carbonyl (C=O) groups is 1. The zero-order valence-corrected chi connectivity index (χ0v) is 13.7. The van der Waals surface area contributed by atoms with E-state index >= 15 is 0 Å². The number of amides is 1. The molecule has 0 radical (unpaired) electrons. The predicted molar refractivity (Wildman–Crippen MR) is 89.5 cm³/mol. The smallest absolute Gasteiger partial charge is 0.221 e. The number of ether oxygens (including phenoxy) is 1. The van der Waals surface area contributed by atoms with E-state index in [1.807, 2.05) is 0 Å². The predicted octanol–water partition coefficient (Wildman–Crippen LogP) is 2.54. The molecule has 5 nitrogen and oxygen atoms in total. The van der Waals surface area contributed by atoms with E-state index in [2.05, 4.69) is 10.6 Å². The van der Waals surface area contributed by atoms with E-state index in [-0.39, 0.29) is 11.9 Å². The van der Waals surface area contributed by atoms with Gasteiger partial charge in [0, 0.05) is 30.1 Å². The molecule has 0 aromatic heterocycles. The summed E-state index contributed by atoms with van der Waals surface area (Å²) in [6.45, 7) is 0.536. The molecule has 0 bridgehead atoms. The van der Waals surface area contributed by atoms with E-state index in [1.165, 1.54) is 0 Å². The third-order valence-corrected chi connectivity index (χ3v) is 4.20. The van der Waals surface area contributed by atoms with Gasteiger partial charge in [0.25, 0.3) is 0 Å². The maximum atomic E-state index is 12.0. The van der Waals surface area contributed by atoms with Crippen LogP contribution in [0.15, 0.2) is 18.2 Å². The summed E-state index contributed by atoms with van der Waals surface area (Å²) in [6.07, 6.45) is 4.34. The van der Waals surface area contributed by atoms with E-state index < -0.39 is 0 Å². The van der Waals surface area contributed by atoms with Gasteiger partial charge in [-0.3, -0.25) is 4.79 Å². The van der Waals surface area contributed by atoms with Crippen LogP contribution in [-0.2, 0) is 4.79 Å². The Labute approximate surface area is 136 Å². The summed E-state index contributed by atoms with van der Waals surface area (Å²) in [7, 11) is 1.61. The second kappa shape index (κ2) is 8.25. The lowest BCUT2D eigenvalue weighted by atomic mass is 9.92. The molecule has 22 heavy (non-hydrogen) atoms. The fourth-order valence-electron chi connectivity index (χ4n) is 2.69. The van der Waals surface area contributed by atoms with Gasteiger partial charge in [0.15, 0.2) is 0 Å². The summed E-state index contributed by atoms with van der Waals surface area (Å²) < 4.78 is 5.26. The fraction of sp³-hybridized carbons (Fsp3) is 0.562. The van der Waals surface area contributed by atoms with Gasteiger partial charge in [0.2, 0.25) is 5.91 Å². The van der Waals surface area contributed by atoms with E-state index in [9.17, 15) is 4.79 Å². The van der Waals surface area contributed by atoms with Crippen LogP contribution in [0.4, 0.5) is 5.69 Å². The molecule has 0 atom stereocenters. The molecule has 0 heterocycles. The first kappa shape index (κ1) is 16.9. The van der Waals surface area contributed by atoms with E-state index in [4.69, 9.17) is 22.1 Å². The molecule has 1 aromatic carbocycles. The lowest BCUT2D eigenvalue weighted by molar-refractivity contribution is -0.121. The van der Waals surface area contributed by atoms with Crippen LogP contribution in [0.5, 0.6) is 5.75 Å². The number of carbonyl (C=O) groups excluding carboxylic acids is 1. The monoisotopic (exact) mass is 325 g/mol. The molecule has 4 N–H and O–H groups in total. The lowest BCUT2D eigenvalue weighted by Gasteiger charge is -2.26. The first-order chi connectivity index (χ1) is 10.6. The largest absolute Gasteiger partial charge is 0.495 e. The molecule has 1 saturated carbocycles. The Bertz CT molecular complexity index is 502. The Morgan fingerprint density at radius 1 is 1.36 bits per heavy atom. The van der Waals surface area contributed by atoms with Gasteiger partial charge >= 0.3 is 0 Å². The van der Waals surface area contributed by atoms with E-state index in [0.29, 0.717) is 29.8 Å². The van der Waals surface area contributed by atoms with Crippen molar-refractivity contribution in [3.05, 3.63) is 23.2 Å². The molecular formula is C16H24ClN3O2. The molecule has 0 unspecified atom stereocenters. The van der Waals surface area contributed by atoms with Gasteiger partial charge in [-0.15, -0.1) is 0 Å². The van der Waals surface area contributed by atoms with Crippen LogP contribution in [0.3, 0.4) is 0 Å². The van der Waals surface area contributed by atoms with Gasteiger partial charge in [-0.2, -0.15) is 0 Å². The standard InChI is InChI=1S/C16H24ClN3O2/c1-22-15-7-2-11(17)10-14(15)19-9-8-16(21)20-13-5-3-12(18)4-6-13/h2,7,10,12-13,19H,3-6,8-9,18H2,1H3,(H,20,21). The number of halogens is 1. The number of benzene rings is 1. The molecule has 0 saturated heterocycles. The first-order valence-corrected chi connectivity index (χ1v) is 8.08. The van der Waals surface area contributed by atoms with Crippen molar-refractivity contribution in [1.82, 2.24) is 5.32 Å². The Hall–Kier alpha value is -1.46. The Morgan fingerprint density at radius 3 is 2.77 bits per heavy atom. The maximum absolute atomic E-state index is 12.0. The average Bonchev–Trinajstić information content (AvgIpc) is 2.50. The first-order valence-electron chi connectivity index (χ1n) is 7.71. The molecule has 122 valence electrons. The van der Waals surface area contributed by atoms with Gasteiger partial charge in [0.05, 0.1) is 12.8 Å². The fourth-order valence-corrected chi connectivity index (χ4v) is 2.86. The zero-order valence-electron chi connectivity index (χ0n) is 12.9. The SMILES string of the molecule is COc1ccc(Cl)cc1NCCC(=O)NC1CCC(N)CC1. The number of hydrogen-bond acceptors (Lipinski definition) is 4. The summed E-state index contributed by atoms with van der Waals surface area (Å²) in [6, 6.07) is 5.93. The van der Waals surface area contributed by atoms with Crippen LogP contribution in [0.1, 0.15) is 32.1 Å². The number of hydrogen-bond donors (Lipinski definition) is 3. The zero-order chi connectivity index (χ0) is 15.9. The van der Waals surface area contributed by atoms with E-state index in [1.54, 1.807) is 25.3 Å². The van der Waals surface area contributed by atoms with Crippen molar-refractivity contribution in [2.75, 3.05) is 19.0 Å². The lowest BCUT2D eigenvalue weighted by Crippen LogP contribution is -2.40. The van der Waals surface area contributed by atoms with Crippen molar-refractivity contribution >= 4 is 23.2 Å². The van der Waals surface area contributed by atoms with Gasteiger partial charge < -0.3 is 21.1 Å². The van der Waals surface area contributed by atoms with Gasteiger partial charge in [-0.25, -0.2) is 0 Å². The number of methoxy groups -OCH3 is 1. The van der Waals surface area contributed by atoms with Crippen LogP contribution >= 0.6 is 11.6 Å². The molecular weight excluding hydrogens is 302 g/mol. The molecule has 2 rings (SSSR count). The topological polar surface area (TPSA) is 76.4 Å². The minimum Gasteiger partial charge on any atom is -0.495 e. The second-order valence-corrected chi connectivity index (χ2v) is 6.14. The highest BCUT2D eigenvalue weighted by Crippen LogP contribution is 2.27. The van der Waals surface area contributed by atoms with Gasteiger partial charge in [0.1, 0.15) is 5.75 Å². The highest BCUT2D eigenvalue weighted by atomic mass is 35.5. The highest BCUT2D eigenvalue weighted by Gasteiger charge is 2.19. The molecule has 0 aliphatic heterocycles. The molecule has 1 aromatic rings. The van der Waals surface area contributed by atoms with Gasteiger partial charge in [-0.05, 0) is 43.9 Å². The molecule has 1 aliphatic rings. The highest BCUT2D eigenvalue weighted by molar-refractivity contribution is 6.30. The van der Waals surface area contributed by atoms with Gasteiger partial charge in [-0.1, -0.05) is 11.6 Å². The maximum Gasteiger partial charge on any atom is 0.221 e. The number of nitrogens with two attached hydrogens (primary N) is 1. The number of anilines is 1. The molecule has 6 heteroatoms. The quantitative estimate of drug-likeness (QED) is 0.751. The van der Waals surface area contributed by atoms with Crippen molar-refractivity contribution in [1.29, 1.82) is 0 Å². The minimum absolute atomic E-state index is 0.0639. The summed E-state index contributed by atoms with van der Waals surface area (Å²) in [5.74, 6) is 0.778.